The number of aryl methyl sites for hydroxylation is 1. The van der Waals surface area contributed by atoms with Gasteiger partial charge in [-0.2, -0.15) is 5.10 Å². The predicted molar refractivity (Wildman–Crippen MR) is 130 cm³/mol. The van der Waals surface area contributed by atoms with Crippen LogP contribution in [-0.4, -0.2) is 65.4 Å². The van der Waals surface area contributed by atoms with Crippen LogP contribution in [-0.2, 0) is 21.4 Å². The lowest BCUT2D eigenvalue weighted by molar-refractivity contribution is -0.138. The molecule has 2 heterocycles. The number of carbonyl (C=O) groups excluding carboxylic acids is 2. The average Bonchev–Trinajstić information content (AvgIpc) is 3.17. The summed E-state index contributed by atoms with van der Waals surface area (Å²) in [6.45, 7) is 5.66. The van der Waals surface area contributed by atoms with E-state index in [0.29, 0.717) is 12.1 Å². The fraction of sp³-hybridized carbons (Fsp3) is 0.583. The molecule has 3 N–H and O–H groups in total. The number of aliphatic hydroxyl groups excluding tert-OH is 1. The van der Waals surface area contributed by atoms with E-state index < -0.39 is 11.9 Å². The number of carboxylic acid groups (broad SMARTS) is 1. The Morgan fingerprint density at radius 1 is 1.24 bits per heavy atom. The van der Waals surface area contributed by atoms with Gasteiger partial charge in [0.15, 0.2) is 0 Å². The van der Waals surface area contributed by atoms with E-state index in [1.54, 1.807) is 11.7 Å². The lowest BCUT2D eigenvalue weighted by Gasteiger charge is -2.33. The van der Waals surface area contributed by atoms with E-state index in [-0.39, 0.29) is 24.7 Å². The zero-order chi connectivity index (χ0) is 25.0. The summed E-state index contributed by atoms with van der Waals surface area (Å²) in [6, 6.07) is 6.10. The number of rotatable bonds is 8. The van der Waals surface area contributed by atoms with Gasteiger partial charge in [0.05, 0.1) is 17.1 Å². The number of hydrogen-bond acceptors (Lipinski definition) is 6. The normalized spacial score (nSPS) is 14.4. The van der Waals surface area contributed by atoms with Crippen molar-refractivity contribution in [2.75, 3.05) is 32.1 Å². The van der Waals surface area contributed by atoms with Crippen LogP contribution < -0.4 is 10.2 Å². The molecule has 0 bridgehead atoms. The number of carbonyl (C=O) groups is 3. The van der Waals surface area contributed by atoms with Crippen molar-refractivity contribution >= 4 is 34.8 Å². The molecule has 0 spiro atoms. The van der Waals surface area contributed by atoms with Gasteiger partial charge in [-0.1, -0.05) is 13.8 Å². The molecule has 1 fully saturated rings. The van der Waals surface area contributed by atoms with Crippen LogP contribution in [0, 0.1) is 5.92 Å². The number of aliphatic hydroxyl groups is 1. The van der Waals surface area contributed by atoms with Crippen LogP contribution in [0.3, 0.4) is 0 Å². The fourth-order valence-electron chi connectivity index (χ4n) is 4.07. The molecule has 1 aromatic carbocycles. The van der Waals surface area contributed by atoms with Crippen molar-refractivity contribution < 1.29 is 24.6 Å². The highest BCUT2D eigenvalue weighted by Crippen LogP contribution is 2.31. The van der Waals surface area contributed by atoms with Crippen LogP contribution in [0.5, 0.6) is 0 Å². The monoisotopic (exact) mass is 462 g/mol. The number of benzene rings is 1. The second-order valence-electron chi connectivity index (χ2n) is 7.69. The lowest BCUT2D eigenvalue weighted by Crippen LogP contribution is -2.34. The van der Waals surface area contributed by atoms with Gasteiger partial charge in [-0.15, -0.1) is 0 Å². The summed E-state index contributed by atoms with van der Waals surface area (Å²) in [6.07, 6.45) is 3.55. The van der Waals surface area contributed by atoms with Gasteiger partial charge < -0.3 is 25.2 Å². The number of amides is 1. The minimum Gasteiger partial charge on any atom is -0.481 e. The maximum absolute atomic E-state index is 11.6. The van der Waals surface area contributed by atoms with Crippen molar-refractivity contribution in [3.05, 3.63) is 23.9 Å². The number of aromatic nitrogens is 2. The fourth-order valence-corrected chi connectivity index (χ4v) is 4.07. The van der Waals surface area contributed by atoms with Crippen LogP contribution in [0.1, 0.15) is 57.6 Å². The van der Waals surface area contributed by atoms with Gasteiger partial charge in [0.1, 0.15) is 6.29 Å². The molecule has 1 aliphatic heterocycles. The van der Waals surface area contributed by atoms with Gasteiger partial charge in [0.2, 0.25) is 5.91 Å². The summed E-state index contributed by atoms with van der Waals surface area (Å²) in [5, 5.41) is 24.0. The number of piperidine rings is 1. The summed E-state index contributed by atoms with van der Waals surface area (Å²) >= 11 is 0. The largest absolute Gasteiger partial charge is 0.481 e. The molecule has 1 saturated heterocycles. The van der Waals surface area contributed by atoms with E-state index in [2.05, 4.69) is 21.4 Å². The minimum atomic E-state index is -0.728. The first-order valence-corrected chi connectivity index (χ1v) is 11.5. The zero-order valence-corrected chi connectivity index (χ0v) is 20.4. The van der Waals surface area contributed by atoms with Crippen molar-refractivity contribution in [3.8, 4) is 0 Å². The first-order valence-electron chi connectivity index (χ1n) is 11.5. The maximum atomic E-state index is 11.6. The third-order valence-electron chi connectivity index (χ3n) is 5.78. The Balaban J connectivity index is 0.00000129. The van der Waals surface area contributed by atoms with Crippen molar-refractivity contribution in [1.82, 2.24) is 15.1 Å². The number of anilines is 1. The quantitative estimate of drug-likeness (QED) is 0.515. The van der Waals surface area contributed by atoms with Gasteiger partial charge in [0, 0.05) is 58.2 Å². The van der Waals surface area contributed by atoms with Crippen LogP contribution in [0.2, 0.25) is 0 Å². The van der Waals surface area contributed by atoms with Crippen LogP contribution in [0.15, 0.2) is 18.2 Å². The van der Waals surface area contributed by atoms with Gasteiger partial charge in [-0.25, -0.2) is 0 Å². The summed E-state index contributed by atoms with van der Waals surface area (Å²) in [7, 11) is 4.44. The van der Waals surface area contributed by atoms with Gasteiger partial charge in [-0.3, -0.25) is 14.3 Å². The number of aliphatic carboxylic acids is 1. The Labute approximate surface area is 195 Å². The van der Waals surface area contributed by atoms with Crippen LogP contribution in [0.4, 0.5) is 5.69 Å². The number of nitrogens with zero attached hydrogens (tertiary/aromatic N) is 3. The summed E-state index contributed by atoms with van der Waals surface area (Å²) < 4.78 is 1.78. The van der Waals surface area contributed by atoms with Crippen molar-refractivity contribution in [1.29, 1.82) is 0 Å². The third kappa shape index (κ3) is 7.56. The molecule has 0 radical (unpaired) electrons. The molecule has 1 unspecified atom stereocenters. The highest BCUT2D eigenvalue weighted by Gasteiger charge is 2.23. The van der Waals surface area contributed by atoms with Gasteiger partial charge in [-0.05, 0) is 43.4 Å². The molecule has 0 saturated carbocycles. The summed E-state index contributed by atoms with van der Waals surface area (Å²) in [4.78, 5) is 36.4. The molecule has 2 aromatic rings. The Kier molecular flexibility index (Phi) is 12.1. The Morgan fingerprint density at radius 3 is 2.42 bits per heavy atom. The Bertz CT molecular complexity index is 904. The van der Waals surface area contributed by atoms with E-state index in [4.69, 9.17) is 10.2 Å². The smallest absolute Gasteiger partial charge is 0.303 e. The topological polar surface area (TPSA) is 125 Å². The second-order valence-corrected chi connectivity index (χ2v) is 7.69. The number of fused-ring (bicyclic) bond motifs is 1. The van der Waals surface area contributed by atoms with Crippen molar-refractivity contribution in [3.63, 3.8) is 0 Å². The molecule has 1 amide bonds. The molecule has 33 heavy (non-hydrogen) atoms. The third-order valence-corrected chi connectivity index (χ3v) is 5.78. The molecular formula is C24H38N4O5. The SMILES string of the molecule is CC.CNC(=O)CCC(C=O)c1nn(C)c2cc(N3CCC(CC(=O)O)CC3)ccc12.CO. The maximum Gasteiger partial charge on any atom is 0.303 e. The highest BCUT2D eigenvalue weighted by atomic mass is 16.4. The van der Waals surface area contributed by atoms with Crippen molar-refractivity contribution in [2.45, 2.75) is 51.9 Å². The van der Waals surface area contributed by atoms with E-state index >= 15 is 0 Å². The number of nitrogens with one attached hydrogen (secondary N) is 1. The Morgan fingerprint density at radius 2 is 1.88 bits per heavy atom. The number of hydrogen-bond donors (Lipinski definition) is 3. The molecular weight excluding hydrogens is 424 g/mol. The van der Waals surface area contributed by atoms with E-state index in [1.807, 2.05) is 33.0 Å². The molecule has 0 aliphatic carbocycles. The molecule has 1 aliphatic rings. The van der Waals surface area contributed by atoms with E-state index in [1.165, 1.54) is 0 Å². The van der Waals surface area contributed by atoms with Crippen LogP contribution >= 0.6 is 0 Å². The molecule has 9 heteroatoms. The Hall–Kier alpha value is -2.94. The summed E-state index contributed by atoms with van der Waals surface area (Å²) in [5.41, 5.74) is 2.72. The second kappa shape index (κ2) is 14.3. The standard InChI is InChI=1S/C21H28N4O4.C2H6.CH4O/c1-22-19(27)6-3-15(13-26)21-17-5-4-16(12-18(17)24(2)23-21)25-9-7-14(8-10-25)11-20(28)29;2*1-2/h4-5,12-15H,3,6-11H2,1-2H3,(H,22,27)(H,28,29);1-2H3;2H,1H3. The molecule has 1 atom stereocenters. The van der Waals surface area contributed by atoms with E-state index in [0.717, 1.165) is 55.9 Å². The van der Waals surface area contributed by atoms with Gasteiger partial charge >= 0.3 is 5.97 Å². The average molecular weight is 463 g/mol. The molecule has 3 rings (SSSR count). The first-order chi connectivity index (χ1) is 15.9. The zero-order valence-electron chi connectivity index (χ0n) is 20.4. The first kappa shape index (κ1) is 28.1. The predicted octanol–water partition coefficient (Wildman–Crippen LogP) is 2.71. The number of carboxylic acids is 1. The minimum absolute atomic E-state index is 0.0920. The van der Waals surface area contributed by atoms with Crippen LogP contribution in [0.25, 0.3) is 10.9 Å². The summed E-state index contributed by atoms with van der Waals surface area (Å²) in [5.74, 6) is -1.00. The van der Waals surface area contributed by atoms with Crippen molar-refractivity contribution in [2.24, 2.45) is 13.0 Å². The van der Waals surface area contributed by atoms with E-state index in [9.17, 15) is 14.4 Å². The molecule has 184 valence electrons. The highest BCUT2D eigenvalue weighted by molar-refractivity contribution is 5.88. The lowest BCUT2D eigenvalue weighted by atomic mass is 9.93. The molecule has 9 nitrogen and oxygen atoms in total. The number of aldehydes is 1. The molecule has 1 aromatic heterocycles. The van der Waals surface area contributed by atoms with Gasteiger partial charge in [0.25, 0.3) is 0 Å².